The van der Waals surface area contributed by atoms with Crippen molar-refractivity contribution in [3.63, 3.8) is 0 Å². The van der Waals surface area contributed by atoms with Crippen molar-refractivity contribution in [3.05, 3.63) is 53.9 Å². The molecular formula is C16H23N3. The molecule has 1 aromatic carbocycles. The van der Waals surface area contributed by atoms with Gasteiger partial charge in [0.15, 0.2) is 0 Å². The lowest BCUT2D eigenvalue weighted by Crippen LogP contribution is -2.22. The monoisotopic (exact) mass is 257 g/mol. The Balaban J connectivity index is 1.97. The number of aryl methyl sites for hydroxylation is 2. The lowest BCUT2D eigenvalue weighted by molar-refractivity contribution is 0.495. The third kappa shape index (κ3) is 4.21. The van der Waals surface area contributed by atoms with Gasteiger partial charge in [-0.2, -0.15) is 5.10 Å². The van der Waals surface area contributed by atoms with Gasteiger partial charge < -0.3 is 5.32 Å². The maximum Gasteiger partial charge on any atom is 0.0625 e. The molecule has 3 heteroatoms. The molecule has 0 aliphatic rings. The maximum atomic E-state index is 4.45. The van der Waals surface area contributed by atoms with Crippen LogP contribution in [0.3, 0.4) is 0 Å². The molecule has 3 nitrogen and oxygen atoms in total. The zero-order valence-electron chi connectivity index (χ0n) is 11.8. The Hall–Kier alpha value is -1.61. The van der Waals surface area contributed by atoms with E-state index in [0.29, 0.717) is 6.04 Å². The molecule has 0 aliphatic carbocycles. The molecule has 1 heterocycles. The minimum Gasteiger partial charge on any atom is -0.310 e. The highest BCUT2D eigenvalue weighted by Crippen LogP contribution is 2.18. The largest absolute Gasteiger partial charge is 0.310 e. The highest BCUT2D eigenvalue weighted by atomic mass is 15.2. The van der Waals surface area contributed by atoms with Crippen molar-refractivity contribution in [2.24, 2.45) is 7.05 Å². The number of hydrogen-bond acceptors (Lipinski definition) is 2. The summed E-state index contributed by atoms with van der Waals surface area (Å²) >= 11 is 0. The summed E-state index contributed by atoms with van der Waals surface area (Å²) in [5.41, 5.74) is 2.54. The second kappa shape index (κ2) is 7.10. The first kappa shape index (κ1) is 13.8. The molecule has 0 fully saturated rings. The second-order valence-electron chi connectivity index (χ2n) is 4.94. The van der Waals surface area contributed by atoms with E-state index in [2.05, 4.69) is 53.7 Å². The molecule has 0 radical (unpaired) electrons. The third-order valence-electron chi connectivity index (χ3n) is 3.30. The van der Waals surface area contributed by atoms with Crippen molar-refractivity contribution in [3.8, 4) is 0 Å². The van der Waals surface area contributed by atoms with Gasteiger partial charge in [-0.05, 0) is 37.4 Å². The van der Waals surface area contributed by atoms with Gasteiger partial charge in [-0.15, -0.1) is 0 Å². The molecule has 0 saturated carbocycles. The average molecular weight is 257 g/mol. The van der Waals surface area contributed by atoms with E-state index in [1.165, 1.54) is 11.3 Å². The van der Waals surface area contributed by atoms with Crippen molar-refractivity contribution >= 4 is 0 Å². The van der Waals surface area contributed by atoms with Crippen LogP contribution in [-0.4, -0.2) is 16.3 Å². The smallest absolute Gasteiger partial charge is 0.0625 e. The Kier molecular flexibility index (Phi) is 5.16. The fourth-order valence-corrected chi connectivity index (χ4v) is 2.28. The van der Waals surface area contributed by atoms with Gasteiger partial charge >= 0.3 is 0 Å². The van der Waals surface area contributed by atoms with E-state index in [1.54, 1.807) is 0 Å². The Bertz CT molecular complexity index is 476. The van der Waals surface area contributed by atoms with Crippen molar-refractivity contribution in [2.75, 3.05) is 6.54 Å². The first-order valence-corrected chi connectivity index (χ1v) is 7.06. The maximum absolute atomic E-state index is 4.45. The summed E-state index contributed by atoms with van der Waals surface area (Å²) in [7, 11) is 1.97. The molecular weight excluding hydrogens is 234 g/mol. The lowest BCUT2D eigenvalue weighted by Gasteiger charge is -2.18. The van der Waals surface area contributed by atoms with Gasteiger partial charge in [0.05, 0.1) is 5.69 Å². The standard InChI is InChI=1S/C16H23N3/c1-3-12-17-16(14-7-5-4-6-8-14)10-9-15-11-13-19(2)18-15/h4-8,11,13,16-17H,3,9-10,12H2,1-2H3. The number of hydrogen-bond donors (Lipinski definition) is 1. The summed E-state index contributed by atoms with van der Waals surface area (Å²) in [5.74, 6) is 0. The van der Waals surface area contributed by atoms with Gasteiger partial charge in [0.2, 0.25) is 0 Å². The summed E-state index contributed by atoms with van der Waals surface area (Å²) in [6, 6.07) is 13.2. The molecule has 1 unspecified atom stereocenters. The SMILES string of the molecule is CCCNC(CCc1ccn(C)n1)c1ccccc1. The first-order valence-electron chi connectivity index (χ1n) is 7.06. The summed E-state index contributed by atoms with van der Waals surface area (Å²) < 4.78 is 1.87. The van der Waals surface area contributed by atoms with E-state index in [4.69, 9.17) is 0 Å². The zero-order chi connectivity index (χ0) is 13.5. The predicted octanol–water partition coefficient (Wildman–Crippen LogP) is 3.09. The van der Waals surface area contributed by atoms with E-state index in [0.717, 1.165) is 25.8 Å². The van der Waals surface area contributed by atoms with Crippen LogP contribution in [0.5, 0.6) is 0 Å². The Labute approximate surface area is 115 Å². The number of nitrogens with zero attached hydrogens (tertiary/aromatic N) is 2. The predicted molar refractivity (Wildman–Crippen MR) is 79.0 cm³/mol. The number of rotatable bonds is 7. The van der Waals surface area contributed by atoms with Crippen LogP contribution in [0.4, 0.5) is 0 Å². The van der Waals surface area contributed by atoms with Gasteiger partial charge in [0.25, 0.3) is 0 Å². The summed E-state index contributed by atoms with van der Waals surface area (Å²) in [4.78, 5) is 0. The van der Waals surface area contributed by atoms with Gasteiger partial charge in [-0.3, -0.25) is 4.68 Å². The van der Waals surface area contributed by atoms with Crippen LogP contribution in [0.25, 0.3) is 0 Å². The third-order valence-corrected chi connectivity index (χ3v) is 3.30. The van der Waals surface area contributed by atoms with Gasteiger partial charge in [-0.1, -0.05) is 37.3 Å². The van der Waals surface area contributed by atoms with Crippen molar-refractivity contribution < 1.29 is 0 Å². The Morgan fingerprint density at radius 1 is 1.21 bits per heavy atom. The van der Waals surface area contributed by atoms with E-state index in [9.17, 15) is 0 Å². The number of aromatic nitrogens is 2. The minimum absolute atomic E-state index is 0.420. The molecule has 0 amide bonds. The topological polar surface area (TPSA) is 29.9 Å². The first-order chi connectivity index (χ1) is 9.29. The van der Waals surface area contributed by atoms with Gasteiger partial charge in [-0.25, -0.2) is 0 Å². The summed E-state index contributed by atoms with van der Waals surface area (Å²) in [5, 5.41) is 8.07. The van der Waals surface area contributed by atoms with Crippen molar-refractivity contribution in [2.45, 2.75) is 32.2 Å². The normalized spacial score (nSPS) is 12.5. The molecule has 2 rings (SSSR count). The molecule has 0 bridgehead atoms. The quantitative estimate of drug-likeness (QED) is 0.826. The number of benzene rings is 1. The Morgan fingerprint density at radius 2 is 2.00 bits per heavy atom. The van der Waals surface area contributed by atoms with Crippen LogP contribution >= 0.6 is 0 Å². The van der Waals surface area contributed by atoms with Crippen LogP contribution in [0.2, 0.25) is 0 Å². The van der Waals surface area contributed by atoms with E-state index >= 15 is 0 Å². The minimum atomic E-state index is 0.420. The molecule has 19 heavy (non-hydrogen) atoms. The van der Waals surface area contributed by atoms with Crippen molar-refractivity contribution in [1.82, 2.24) is 15.1 Å². The van der Waals surface area contributed by atoms with Crippen molar-refractivity contribution in [1.29, 1.82) is 0 Å². The molecule has 0 spiro atoms. The highest BCUT2D eigenvalue weighted by Gasteiger charge is 2.10. The zero-order valence-corrected chi connectivity index (χ0v) is 11.8. The van der Waals surface area contributed by atoms with E-state index in [1.807, 2.05) is 17.9 Å². The van der Waals surface area contributed by atoms with Crippen LogP contribution in [0, 0.1) is 0 Å². The van der Waals surface area contributed by atoms with Gasteiger partial charge in [0.1, 0.15) is 0 Å². The summed E-state index contributed by atoms with van der Waals surface area (Å²) in [6.07, 6.45) is 5.26. The second-order valence-corrected chi connectivity index (χ2v) is 4.94. The van der Waals surface area contributed by atoms with Gasteiger partial charge in [0, 0.05) is 19.3 Å². The van der Waals surface area contributed by atoms with Crippen LogP contribution < -0.4 is 5.32 Å². The molecule has 1 atom stereocenters. The average Bonchev–Trinajstić information content (AvgIpc) is 2.86. The van der Waals surface area contributed by atoms with Crippen LogP contribution in [0.15, 0.2) is 42.6 Å². The van der Waals surface area contributed by atoms with Crippen LogP contribution in [0.1, 0.15) is 37.1 Å². The molecule has 0 saturated heterocycles. The highest BCUT2D eigenvalue weighted by molar-refractivity contribution is 5.19. The lowest BCUT2D eigenvalue weighted by atomic mass is 10.0. The fourth-order valence-electron chi connectivity index (χ4n) is 2.28. The number of nitrogens with one attached hydrogen (secondary N) is 1. The molecule has 0 aliphatic heterocycles. The molecule has 2 aromatic rings. The van der Waals surface area contributed by atoms with E-state index < -0.39 is 0 Å². The molecule has 102 valence electrons. The summed E-state index contributed by atoms with van der Waals surface area (Å²) in [6.45, 7) is 3.26. The molecule has 1 aromatic heterocycles. The van der Waals surface area contributed by atoms with E-state index in [-0.39, 0.29) is 0 Å². The fraction of sp³-hybridized carbons (Fsp3) is 0.438. The van der Waals surface area contributed by atoms with Crippen LogP contribution in [-0.2, 0) is 13.5 Å². The molecule has 1 N–H and O–H groups in total. The Morgan fingerprint density at radius 3 is 2.63 bits per heavy atom.